The number of halogens is 1. The minimum atomic E-state index is 0. The number of nitrogens with zero attached hydrogens (tertiary/aromatic N) is 2. The van der Waals surface area contributed by atoms with Crippen molar-refractivity contribution < 1.29 is 26.3 Å². The van der Waals surface area contributed by atoms with Gasteiger partial charge in [-0.05, 0) is 43.0 Å². The van der Waals surface area contributed by atoms with Gasteiger partial charge < -0.3 is 21.7 Å². The Kier molecular flexibility index (Phi) is 7.18. The van der Waals surface area contributed by atoms with E-state index in [1.807, 2.05) is 12.1 Å². The summed E-state index contributed by atoms with van der Waals surface area (Å²) < 4.78 is 8.72. The van der Waals surface area contributed by atoms with Crippen LogP contribution in [0.3, 0.4) is 0 Å². The third-order valence-corrected chi connectivity index (χ3v) is 5.74. The first-order valence-electron chi connectivity index (χ1n) is 9.25. The smallest absolute Gasteiger partial charge is 0.173 e. The molecule has 0 unspecified atom stereocenters. The number of hydrogen-bond donors (Lipinski definition) is 0. The van der Waals surface area contributed by atoms with Crippen LogP contribution in [0, 0.1) is 0 Å². The predicted octanol–water partition coefficient (Wildman–Crippen LogP) is 1.82. The highest BCUT2D eigenvalue weighted by Crippen LogP contribution is 2.27. The molecule has 2 heterocycles. The van der Waals surface area contributed by atoms with Crippen molar-refractivity contribution >= 4 is 21.6 Å². The molecule has 0 saturated heterocycles. The highest BCUT2D eigenvalue weighted by Gasteiger charge is 2.06. The van der Waals surface area contributed by atoms with E-state index in [4.69, 9.17) is 9.72 Å². The Balaban J connectivity index is 0.00000225. The molecular formula is C23H23BrN2OS. The van der Waals surface area contributed by atoms with Gasteiger partial charge in [0.2, 0.25) is 0 Å². The summed E-state index contributed by atoms with van der Waals surface area (Å²) in [6.07, 6.45) is 7.55. The Morgan fingerprint density at radius 1 is 0.929 bits per heavy atom. The number of rotatable bonds is 7. The van der Waals surface area contributed by atoms with E-state index in [0.29, 0.717) is 0 Å². The number of methoxy groups -OCH3 is 1. The molecule has 5 heteroatoms. The number of aromatic nitrogens is 2. The van der Waals surface area contributed by atoms with Gasteiger partial charge in [-0.3, -0.25) is 0 Å². The molecule has 0 aliphatic carbocycles. The summed E-state index contributed by atoms with van der Waals surface area (Å²) in [6.45, 7) is 0.913. The molecule has 4 rings (SSSR count). The van der Waals surface area contributed by atoms with Crippen molar-refractivity contribution in [3.63, 3.8) is 0 Å². The van der Waals surface area contributed by atoms with Crippen LogP contribution in [0.25, 0.3) is 10.2 Å². The molecule has 2 aromatic carbocycles. The average molecular weight is 455 g/mol. The van der Waals surface area contributed by atoms with Gasteiger partial charge >= 0.3 is 0 Å². The van der Waals surface area contributed by atoms with E-state index in [1.54, 1.807) is 18.4 Å². The van der Waals surface area contributed by atoms with E-state index >= 15 is 0 Å². The third-order valence-electron chi connectivity index (χ3n) is 4.66. The van der Waals surface area contributed by atoms with Crippen molar-refractivity contribution in [2.45, 2.75) is 25.8 Å². The molecule has 0 aliphatic heterocycles. The second-order valence-electron chi connectivity index (χ2n) is 6.66. The number of ether oxygens (including phenoxy) is 1. The molecule has 28 heavy (non-hydrogen) atoms. The van der Waals surface area contributed by atoms with Gasteiger partial charge in [0.05, 0.1) is 22.3 Å². The van der Waals surface area contributed by atoms with Crippen LogP contribution in [0.1, 0.15) is 22.6 Å². The Bertz CT molecular complexity index is 1020. The SMILES string of the molecule is COc1ccc2nc(CCCc3cc[n+](Cc4ccccc4)cc3)sc2c1.[Br-]. The molecule has 3 nitrogen and oxygen atoms in total. The predicted molar refractivity (Wildman–Crippen MR) is 110 cm³/mol. The molecule has 0 bridgehead atoms. The lowest BCUT2D eigenvalue weighted by atomic mass is 10.1. The topological polar surface area (TPSA) is 26.0 Å². The number of fused-ring (bicyclic) bond motifs is 1. The number of thiazole rings is 1. The quantitative estimate of drug-likeness (QED) is 0.398. The lowest BCUT2D eigenvalue weighted by Gasteiger charge is -2.01. The molecule has 0 radical (unpaired) electrons. The van der Waals surface area contributed by atoms with Gasteiger partial charge in [0, 0.05) is 17.7 Å². The first kappa shape index (κ1) is 20.5. The standard InChI is InChI=1S/C23H23N2OS.BrH/c1-26-20-10-11-21-22(16-20)27-23(24-21)9-5-8-18-12-14-25(15-13-18)17-19-6-3-2-4-7-19;/h2-4,6-7,10-16H,5,8-9,17H2,1H3;1H/q+1;/p-1. The molecule has 0 atom stereocenters. The normalized spacial score (nSPS) is 10.6. The summed E-state index contributed by atoms with van der Waals surface area (Å²) in [5.41, 5.74) is 3.77. The van der Waals surface area contributed by atoms with Crippen molar-refractivity contribution in [2.75, 3.05) is 7.11 Å². The van der Waals surface area contributed by atoms with Crippen molar-refractivity contribution in [2.24, 2.45) is 0 Å². The van der Waals surface area contributed by atoms with Gasteiger partial charge in [0.15, 0.2) is 18.9 Å². The fourth-order valence-corrected chi connectivity index (χ4v) is 4.22. The Morgan fingerprint density at radius 3 is 2.46 bits per heavy atom. The van der Waals surface area contributed by atoms with Crippen LogP contribution in [0.15, 0.2) is 73.1 Å². The monoisotopic (exact) mass is 454 g/mol. The summed E-state index contributed by atoms with van der Waals surface area (Å²) in [7, 11) is 1.70. The van der Waals surface area contributed by atoms with Crippen molar-refractivity contribution in [3.8, 4) is 5.75 Å². The highest BCUT2D eigenvalue weighted by molar-refractivity contribution is 7.18. The summed E-state index contributed by atoms with van der Waals surface area (Å²) in [5, 5.41) is 1.20. The van der Waals surface area contributed by atoms with Gasteiger partial charge in [0.1, 0.15) is 5.75 Å². The largest absolute Gasteiger partial charge is 1.00 e. The van der Waals surface area contributed by atoms with Crippen LogP contribution < -0.4 is 26.3 Å². The molecule has 2 aromatic heterocycles. The molecular weight excluding hydrogens is 432 g/mol. The maximum Gasteiger partial charge on any atom is 0.173 e. The van der Waals surface area contributed by atoms with E-state index in [2.05, 4.69) is 65.5 Å². The molecule has 0 fully saturated rings. The minimum absolute atomic E-state index is 0. The molecule has 4 aromatic rings. The van der Waals surface area contributed by atoms with Crippen LogP contribution in [0.5, 0.6) is 5.75 Å². The van der Waals surface area contributed by atoms with Crippen LogP contribution in [-0.2, 0) is 19.4 Å². The zero-order valence-electron chi connectivity index (χ0n) is 15.8. The number of hydrogen-bond acceptors (Lipinski definition) is 3. The summed E-state index contributed by atoms with van der Waals surface area (Å²) in [4.78, 5) is 4.74. The van der Waals surface area contributed by atoms with Crippen molar-refractivity contribution in [1.82, 2.24) is 4.98 Å². The van der Waals surface area contributed by atoms with Crippen LogP contribution >= 0.6 is 11.3 Å². The maximum atomic E-state index is 5.29. The number of aryl methyl sites for hydroxylation is 2. The lowest BCUT2D eigenvalue weighted by molar-refractivity contribution is -0.688. The second-order valence-corrected chi connectivity index (χ2v) is 7.77. The van der Waals surface area contributed by atoms with Gasteiger partial charge in [-0.1, -0.05) is 30.3 Å². The van der Waals surface area contributed by atoms with Crippen molar-refractivity contribution in [3.05, 3.63) is 89.2 Å². The van der Waals surface area contributed by atoms with E-state index in [0.717, 1.165) is 37.1 Å². The first-order valence-corrected chi connectivity index (χ1v) is 10.1. The Morgan fingerprint density at radius 2 is 1.71 bits per heavy atom. The van der Waals surface area contributed by atoms with Crippen LogP contribution in [0.2, 0.25) is 0 Å². The van der Waals surface area contributed by atoms with Crippen molar-refractivity contribution in [1.29, 1.82) is 0 Å². The maximum absolute atomic E-state index is 5.29. The molecule has 0 saturated carbocycles. The zero-order valence-corrected chi connectivity index (χ0v) is 18.2. The second kappa shape index (κ2) is 9.80. The third kappa shape index (κ3) is 5.18. The lowest BCUT2D eigenvalue weighted by Crippen LogP contribution is -3.00. The molecule has 0 amide bonds. The van der Waals surface area contributed by atoms with E-state index in [1.165, 1.54) is 20.8 Å². The molecule has 0 spiro atoms. The summed E-state index contributed by atoms with van der Waals surface area (Å²) in [5.74, 6) is 0.894. The first-order chi connectivity index (χ1) is 13.3. The van der Waals surface area contributed by atoms with Gasteiger partial charge in [-0.2, -0.15) is 0 Å². The number of pyridine rings is 1. The Hall–Kier alpha value is -2.24. The van der Waals surface area contributed by atoms with E-state index in [9.17, 15) is 0 Å². The number of benzene rings is 2. The van der Waals surface area contributed by atoms with E-state index < -0.39 is 0 Å². The van der Waals surface area contributed by atoms with Crippen LogP contribution in [0.4, 0.5) is 0 Å². The highest BCUT2D eigenvalue weighted by atomic mass is 79.9. The van der Waals surface area contributed by atoms with Gasteiger partial charge in [-0.15, -0.1) is 11.3 Å². The fraction of sp³-hybridized carbons (Fsp3) is 0.217. The summed E-state index contributed by atoms with van der Waals surface area (Å²) >= 11 is 1.77. The Labute approximate surface area is 180 Å². The zero-order chi connectivity index (χ0) is 18.5. The molecule has 0 N–H and O–H groups in total. The minimum Gasteiger partial charge on any atom is -1.00 e. The average Bonchev–Trinajstić information content (AvgIpc) is 3.12. The van der Waals surface area contributed by atoms with E-state index in [-0.39, 0.29) is 17.0 Å². The fourth-order valence-electron chi connectivity index (χ4n) is 3.18. The van der Waals surface area contributed by atoms with Crippen LogP contribution in [-0.4, -0.2) is 12.1 Å². The summed E-state index contributed by atoms with van der Waals surface area (Å²) in [6, 6.07) is 21.1. The van der Waals surface area contributed by atoms with Gasteiger partial charge in [0.25, 0.3) is 0 Å². The molecule has 144 valence electrons. The molecule has 0 aliphatic rings. The van der Waals surface area contributed by atoms with Gasteiger partial charge in [-0.25, -0.2) is 9.55 Å².